The minimum absolute atomic E-state index is 0.110. The van der Waals surface area contributed by atoms with Gasteiger partial charge in [-0.15, -0.1) is 0 Å². The smallest absolute Gasteiger partial charge is 0.374 e. The van der Waals surface area contributed by atoms with Crippen LogP contribution in [-0.4, -0.2) is 51.0 Å². The molecule has 1 aromatic carbocycles. The molecule has 0 aliphatic carbocycles. The number of carbonyl (C=O) groups is 1. The molecule has 0 spiro atoms. The number of ether oxygens (including phenoxy) is 1. The van der Waals surface area contributed by atoms with Crippen LogP contribution in [0.1, 0.15) is 30.0 Å². The Hall–Kier alpha value is -1.90. The number of fused-ring (bicyclic) bond motifs is 1. The van der Waals surface area contributed by atoms with Crippen molar-refractivity contribution in [1.29, 1.82) is 0 Å². The van der Waals surface area contributed by atoms with Crippen molar-refractivity contribution < 1.29 is 22.4 Å². The van der Waals surface area contributed by atoms with Crippen LogP contribution in [-0.2, 0) is 14.8 Å². The number of aryl methyl sites for hydroxylation is 1. The lowest BCUT2D eigenvalue weighted by Crippen LogP contribution is -2.51. The summed E-state index contributed by atoms with van der Waals surface area (Å²) in [5, 5.41) is 3.83. The SMILES string of the molecule is CCOC(=O)c1oc2ccc(S(=O)(=O)N3CCN[C@H](C)C3)cc2c1C. The zero-order chi connectivity index (χ0) is 18.2. The lowest BCUT2D eigenvalue weighted by Gasteiger charge is -2.31. The Balaban J connectivity index is 2.00. The summed E-state index contributed by atoms with van der Waals surface area (Å²) in [6.45, 7) is 7.13. The highest BCUT2D eigenvalue weighted by molar-refractivity contribution is 7.89. The van der Waals surface area contributed by atoms with E-state index in [1.807, 2.05) is 6.92 Å². The van der Waals surface area contributed by atoms with Gasteiger partial charge >= 0.3 is 5.97 Å². The van der Waals surface area contributed by atoms with E-state index in [9.17, 15) is 13.2 Å². The molecule has 0 radical (unpaired) electrons. The van der Waals surface area contributed by atoms with Gasteiger partial charge in [0, 0.05) is 36.6 Å². The van der Waals surface area contributed by atoms with Gasteiger partial charge in [0.2, 0.25) is 15.8 Å². The van der Waals surface area contributed by atoms with Crippen molar-refractivity contribution in [3.63, 3.8) is 0 Å². The maximum Gasteiger partial charge on any atom is 0.374 e. The lowest BCUT2D eigenvalue weighted by molar-refractivity contribution is 0.0491. The zero-order valence-corrected chi connectivity index (χ0v) is 15.4. The largest absolute Gasteiger partial charge is 0.460 e. The van der Waals surface area contributed by atoms with Crippen LogP contribution in [0.4, 0.5) is 0 Å². The highest BCUT2D eigenvalue weighted by Gasteiger charge is 2.29. The van der Waals surface area contributed by atoms with Crippen LogP contribution >= 0.6 is 0 Å². The normalized spacial score (nSPS) is 19.2. The van der Waals surface area contributed by atoms with E-state index in [1.54, 1.807) is 26.0 Å². The fourth-order valence-electron chi connectivity index (χ4n) is 3.02. The summed E-state index contributed by atoms with van der Waals surface area (Å²) < 4.78 is 37.8. The number of hydrogen-bond acceptors (Lipinski definition) is 6. The molecule has 3 rings (SSSR count). The molecular formula is C17H22N2O5S. The first-order valence-corrected chi connectivity index (χ1v) is 9.72. The fraction of sp³-hybridized carbons (Fsp3) is 0.471. The summed E-state index contributed by atoms with van der Waals surface area (Å²) in [6.07, 6.45) is 0. The minimum atomic E-state index is -3.59. The van der Waals surface area contributed by atoms with Crippen molar-refractivity contribution in [3.8, 4) is 0 Å². The number of nitrogens with zero attached hydrogens (tertiary/aromatic N) is 1. The predicted molar refractivity (Wildman–Crippen MR) is 93.1 cm³/mol. The van der Waals surface area contributed by atoms with E-state index in [0.29, 0.717) is 36.2 Å². The molecule has 2 heterocycles. The molecule has 1 saturated heterocycles. The van der Waals surface area contributed by atoms with Gasteiger partial charge in [-0.1, -0.05) is 0 Å². The van der Waals surface area contributed by atoms with Gasteiger partial charge in [0.05, 0.1) is 11.5 Å². The van der Waals surface area contributed by atoms with E-state index in [2.05, 4.69) is 5.32 Å². The zero-order valence-electron chi connectivity index (χ0n) is 14.5. The van der Waals surface area contributed by atoms with Gasteiger partial charge in [0.1, 0.15) is 5.58 Å². The topological polar surface area (TPSA) is 88.8 Å². The number of furan rings is 1. The van der Waals surface area contributed by atoms with Gasteiger partial charge in [0.25, 0.3) is 0 Å². The summed E-state index contributed by atoms with van der Waals surface area (Å²) in [4.78, 5) is 12.2. The number of rotatable bonds is 4. The molecule has 0 unspecified atom stereocenters. The summed E-state index contributed by atoms with van der Waals surface area (Å²) in [5.41, 5.74) is 1.05. The van der Waals surface area contributed by atoms with Crippen LogP contribution < -0.4 is 5.32 Å². The van der Waals surface area contributed by atoms with Gasteiger partial charge in [0.15, 0.2) is 0 Å². The highest BCUT2D eigenvalue weighted by atomic mass is 32.2. The fourth-order valence-corrected chi connectivity index (χ4v) is 4.57. The van der Waals surface area contributed by atoms with Crippen LogP contribution in [0, 0.1) is 6.92 Å². The van der Waals surface area contributed by atoms with E-state index >= 15 is 0 Å². The number of carbonyl (C=O) groups excluding carboxylic acids is 1. The third-order valence-corrected chi connectivity index (χ3v) is 6.20. The van der Waals surface area contributed by atoms with Gasteiger partial charge in [-0.25, -0.2) is 13.2 Å². The molecule has 25 heavy (non-hydrogen) atoms. The predicted octanol–water partition coefficient (Wildman–Crippen LogP) is 1.90. The molecule has 1 fully saturated rings. The van der Waals surface area contributed by atoms with Gasteiger partial charge in [-0.05, 0) is 39.0 Å². The molecule has 1 atom stereocenters. The van der Waals surface area contributed by atoms with Crippen molar-refractivity contribution >= 4 is 27.0 Å². The van der Waals surface area contributed by atoms with E-state index in [1.165, 1.54) is 10.4 Å². The van der Waals surface area contributed by atoms with E-state index < -0.39 is 16.0 Å². The quantitative estimate of drug-likeness (QED) is 0.832. The first-order chi connectivity index (χ1) is 11.8. The summed E-state index contributed by atoms with van der Waals surface area (Å²) in [5.74, 6) is -0.432. The van der Waals surface area contributed by atoms with E-state index in [-0.39, 0.29) is 23.3 Å². The molecule has 7 nitrogen and oxygen atoms in total. The van der Waals surface area contributed by atoms with Crippen LogP contribution in [0.3, 0.4) is 0 Å². The Morgan fingerprint density at radius 2 is 2.20 bits per heavy atom. The molecule has 2 aromatic rings. The molecule has 1 N–H and O–H groups in total. The molecule has 1 aliphatic heterocycles. The van der Waals surface area contributed by atoms with Crippen LogP contribution in [0.2, 0.25) is 0 Å². The van der Waals surface area contributed by atoms with Crippen molar-refractivity contribution in [3.05, 3.63) is 29.5 Å². The van der Waals surface area contributed by atoms with E-state index in [0.717, 1.165) is 0 Å². The second-order valence-electron chi connectivity index (χ2n) is 6.15. The average molecular weight is 366 g/mol. The first kappa shape index (κ1) is 17.9. The number of esters is 1. The molecule has 136 valence electrons. The minimum Gasteiger partial charge on any atom is -0.460 e. The third-order valence-electron chi connectivity index (χ3n) is 4.34. The average Bonchev–Trinajstić information content (AvgIpc) is 2.91. The van der Waals surface area contributed by atoms with E-state index in [4.69, 9.17) is 9.15 Å². The number of nitrogens with one attached hydrogen (secondary N) is 1. The Bertz CT molecular complexity index is 903. The number of benzene rings is 1. The van der Waals surface area contributed by atoms with Crippen molar-refractivity contribution in [2.45, 2.75) is 31.7 Å². The Kier molecular flexibility index (Phi) is 4.86. The molecule has 0 bridgehead atoms. The molecule has 1 aliphatic rings. The first-order valence-electron chi connectivity index (χ1n) is 8.28. The lowest BCUT2D eigenvalue weighted by atomic mass is 10.1. The molecule has 0 amide bonds. The number of piperazine rings is 1. The Labute approximate surface area is 147 Å². The summed E-state index contributed by atoms with van der Waals surface area (Å²) in [6, 6.07) is 4.78. The second-order valence-corrected chi connectivity index (χ2v) is 8.09. The van der Waals surface area contributed by atoms with Gasteiger partial charge < -0.3 is 14.5 Å². The number of hydrogen-bond donors (Lipinski definition) is 1. The maximum atomic E-state index is 12.9. The second kappa shape index (κ2) is 6.78. The monoisotopic (exact) mass is 366 g/mol. The molecular weight excluding hydrogens is 344 g/mol. The third kappa shape index (κ3) is 3.29. The van der Waals surface area contributed by atoms with Crippen molar-refractivity contribution in [1.82, 2.24) is 9.62 Å². The van der Waals surface area contributed by atoms with Crippen LogP contribution in [0.25, 0.3) is 11.0 Å². The van der Waals surface area contributed by atoms with Crippen LogP contribution in [0.5, 0.6) is 0 Å². The van der Waals surface area contributed by atoms with Crippen molar-refractivity contribution in [2.75, 3.05) is 26.2 Å². The van der Waals surface area contributed by atoms with Crippen molar-refractivity contribution in [2.24, 2.45) is 0 Å². The molecule has 1 aromatic heterocycles. The molecule has 0 saturated carbocycles. The maximum absolute atomic E-state index is 12.9. The van der Waals surface area contributed by atoms with Crippen LogP contribution in [0.15, 0.2) is 27.5 Å². The standard InChI is InChI=1S/C17H22N2O5S/c1-4-23-17(20)16-12(3)14-9-13(5-6-15(14)24-16)25(21,22)19-8-7-18-11(2)10-19/h5-6,9,11,18H,4,7-8,10H2,1-3H3/t11-/m1/s1. The van der Waals surface area contributed by atoms with Gasteiger partial charge in [-0.2, -0.15) is 4.31 Å². The number of sulfonamides is 1. The molecule has 8 heteroatoms. The Morgan fingerprint density at radius 3 is 2.88 bits per heavy atom. The highest BCUT2D eigenvalue weighted by Crippen LogP contribution is 2.29. The summed E-state index contributed by atoms with van der Waals surface area (Å²) in [7, 11) is -3.59. The summed E-state index contributed by atoms with van der Waals surface area (Å²) >= 11 is 0. The van der Waals surface area contributed by atoms with Gasteiger partial charge in [-0.3, -0.25) is 0 Å². The Morgan fingerprint density at radius 1 is 1.44 bits per heavy atom.